The maximum Gasteiger partial charge on any atom is 0.247 e. The second kappa shape index (κ2) is 12.7. The Kier molecular flexibility index (Phi) is 8.87. The summed E-state index contributed by atoms with van der Waals surface area (Å²) in [6.07, 6.45) is 5.61. The highest BCUT2D eigenvalue weighted by Gasteiger charge is 2.34. The number of amidine groups is 1. The average Bonchev–Trinajstić information content (AvgIpc) is 3.62. The lowest BCUT2D eigenvalue weighted by molar-refractivity contribution is -0.140. The first-order valence-electron chi connectivity index (χ1n) is 14.0. The third kappa shape index (κ3) is 6.08. The number of fused-ring (bicyclic) bond motifs is 1. The van der Waals surface area contributed by atoms with E-state index in [2.05, 4.69) is 21.7 Å². The molecule has 212 valence electrons. The highest BCUT2D eigenvalue weighted by molar-refractivity contribution is 6.36. The van der Waals surface area contributed by atoms with Crippen molar-refractivity contribution in [3.05, 3.63) is 29.4 Å². The van der Waals surface area contributed by atoms with Gasteiger partial charge in [0.15, 0.2) is 5.92 Å². The molecule has 1 unspecified atom stereocenters. The Balaban J connectivity index is 1.46. The van der Waals surface area contributed by atoms with E-state index in [9.17, 15) is 19.6 Å². The summed E-state index contributed by atoms with van der Waals surface area (Å²) in [6, 6.07) is 6.84. The maximum absolute atomic E-state index is 13.7. The van der Waals surface area contributed by atoms with Crippen molar-refractivity contribution in [2.24, 2.45) is 10.9 Å². The van der Waals surface area contributed by atoms with Gasteiger partial charge in [-0.2, -0.15) is 5.26 Å². The molecule has 0 saturated carbocycles. The van der Waals surface area contributed by atoms with Crippen molar-refractivity contribution in [2.75, 3.05) is 57.7 Å². The average molecular weight is 567 g/mol. The fourth-order valence-electron chi connectivity index (χ4n) is 5.60. The summed E-state index contributed by atoms with van der Waals surface area (Å²) in [4.78, 5) is 53.1. The number of likely N-dealkylation sites (tertiary alicyclic amines) is 2. The minimum Gasteiger partial charge on any atom is -0.358 e. The van der Waals surface area contributed by atoms with Gasteiger partial charge in [0.1, 0.15) is 11.9 Å². The number of nitriles is 1. The number of aromatic nitrogens is 1. The molecule has 2 atom stereocenters. The zero-order chi connectivity index (χ0) is 28.1. The molecule has 1 aromatic heterocycles. The first kappa shape index (κ1) is 27.9. The van der Waals surface area contributed by atoms with Gasteiger partial charge in [-0.25, -0.2) is 0 Å². The number of nitrogens with one attached hydrogen (secondary N) is 3. The Morgan fingerprint density at radius 1 is 1.10 bits per heavy atom. The Labute approximate surface area is 238 Å². The van der Waals surface area contributed by atoms with Crippen molar-refractivity contribution >= 4 is 51.7 Å². The van der Waals surface area contributed by atoms with Crippen LogP contribution in [0.2, 0.25) is 5.02 Å². The molecule has 0 spiro atoms. The van der Waals surface area contributed by atoms with E-state index in [0.29, 0.717) is 55.4 Å². The number of nitrogens with zero attached hydrogens (tertiary/aromatic N) is 5. The van der Waals surface area contributed by atoms with Crippen LogP contribution in [0, 0.1) is 17.2 Å². The predicted molar refractivity (Wildman–Crippen MR) is 153 cm³/mol. The van der Waals surface area contributed by atoms with Crippen LogP contribution in [0.15, 0.2) is 29.4 Å². The van der Waals surface area contributed by atoms with Gasteiger partial charge in [0.25, 0.3) is 0 Å². The minimum atomic E-state index is -1.23. The van der Waals surface area contributed by atoms with E-state index in [-0.39, 0.29) is 30.1 Å². The summed E-state index contributed by atoms with van der Waals surface area (Å²) in [6.45, 7) is 4.22. The number of anilines is 1. The van der Waals surface area contributed by atoms with Crippen LogP contribution in [0.25, 0.3) is 10.9 Å². The molecule has 1 aromatic carbocycles. The number of aliphatic imine (C=N–C) groups is 1. The van der Waals surface area contributed by atoms with Gasteiger partial charge in [-0.15, -0.1) is 0 Å². The SMILES string of the molecule is N#CC(C(=O)N1CCNCC1)C(=N[C@H]1CCCCN(CC(=O)N2CCCC2)C1=O)Nc1cccc2c(Cl)c[nH]c12. The molecule has 2 aromatic rings. The molecule has 3 fully saturated rings. The third-order valence-electron chi connectivity index (χ3n) is 7.84. The number of carbonyl (C=O) groups is 3. The van der Waals surface area contributed by atoms with Crippen LogP contribution in [0.4, 0.5) is 5.69 Å². The topological polar surface area (TPSA) is 137 Å². The van der Waals surface area contributed by atoms with Crippen molar-refractivity contribution in [1.82, 2.24) is 25.0 Å². The number of aromatic amines is 1. The normalized spacial score (nSPS) is 21.3. The lowest BCUT2D eigenvalue weighted by atomic mass is 10.1. The number of H-pyrrole nitrogens is 1. The number of benzene rings is 1. The van der Waals surface area contributed by atoms with Gasteiger partial charge in [0, 0.05) is 57.4 Å². The van der Waals surface area contributed by atoms with E-state index >= 15 is 0 Å². The molecule has 5 rings (SSSR count). The lowest BCUT2D eigenvalue weighted by Gasteiger charge is -2.30. The van der Waals surface area contributed by atoms with Crippen molar-refractivity contribution in [3.8, 4) is 6.07 Å². The summed E-state index contributed by atoms with van der Waals surface area (Å²) in [5, 5.41) is 18.0. The zero-order valence-electron chi connectivity index (χ0n) is 22.5. The Bertz CT molecular complexity index is 1320. The summed E-state index contributed by atoms with van der Waals surface area (Å²) in [7, 11) is 0. The zero-order valence-corrected chi connectivity index (χ0v) is 23.3. The second-order valence-electron chi connectivity index (χ2n) is 10.5. The number of halogens is 1. The van der Waals surface area contributed by atoms with Crippen LogP contribution in [-0.4, -0.2) is 102 Å². The van der Waals surface area contributed by atoms with Gasteiger partial charge in [-0.3, -0.25) is 19.4 Å². The molecule has 0 bridgehead atoms. The fraction of sp³-hybridized carbons (Fsp3) is 0.536. The highest BCUT2D eigenvalue weighted by atomic mass is 35.5. The molecule has 3 N–H and O–H groups in total. The quantitative estimate of drug-likeness (QED) is 0.362. The van der Waals surface area contributed by atoms with Crippen LogP contribution < -0.4 is 10.6 Å². The van der Waals surface area contributed by atoms with Crippen molar-refractivity contribution in [3.63, 3.8) is 0 Å². The van der Waals surface area contributed by atoms with Gasteiger partial charge in [-0.1, -0.05) is 23.7 Å². The molecule has 0 aliphatic carbocycles. The summed E-state index contributed by atoms with van der Waals surface area (Å²) in [5.74, 6) is -1.76. The molecule has 40 heavy (non-hydrogen) atoms. The van der Waals surface area contributed by atoms with Gasteiger partial charge < -0.3 is 30.3 Å². The van der Waals surface area contributed by atoms with Crippen LogP contribution in [-0.2, 0) is 14.4 Å². The van der Waals surface area contributed by atoms with E-state index < -0.39 is 12.0 Å². The number of carbonyl (C=O) groups excluding carboxylic acids is 3. The molecule has 3 aliphatic rings. The first-order chi connectivity index (χ1) is 19.5. The van der Waals surface area contributed by atoms with E-state index in [1.54, 1.807) is 16.0 Å². The summed E-state index contributed by atoms with van der Waals surface area (Å²) in [5.41, 5.74) is 1.30. The monoisotopic (exact) mass is 566 g/mol. The lowest BCUT2D eigenvalue weighted by Crippen LogP contribution is -2.50. The number of piperazine rings is 1. The van der Waals surface area contributed by atoms with Crippen LogP contribution in [0.1, 0.15) is 32.1 Å². The molecule has 3 amide bonds. The van der Waals surface area contributed by atoms with Crippen LogP contribution >= 0.6 is 11.6 Å². The molecule has 3 saturated heterocycles. The predicted octanol–water partition coefficient (Wildman–Crippen LogP) is 2.21. The van der Waals surface area contributed by atoms with Crippen LogP contribution in [0.3, 0.4) is 0 Å². The van der Waals surface area contributed by atoms with Crippen molar-refractivity contribution in [1.29, 1.82) is 5.26 Å². The number of hydrogen-bond donors (Lipinski definition) is 3. The highest BCUT2D eigenvalue weighted by Crippen LogP contribution is 2.29. The number of rotatable bonds is 6. The second-order valence-corrected chi connectivity index (χ2v) is 10.9. The number of amides is 3. The largest absolute Gasteiger partial charge is 0.358 e. The van der Waals surface area contributed by atoms with Crippen LogP contribution in [0.5, 0.6) is 0 Å². The van der Waals surface area contributed by atoms with E-state index in [4.69, 9.17) is 16.6 Å². The summed E-state index contributed by atoms with van der Waals surface area (Å²) >= 11 is 6.33. The molecule has 12 heteroatoms. The number of para-hydroxylation sites is 1. The Morgan fingerprint density at radius 2 is 1.85 bits per heavy atom. The van der Waals surface area contributed by atoms with Gasteiger partial charge in [0.2, 0.25) is 17.7 Å². The Hall–Kier alpha value is -3.62. The standard InChI is InChI=1S/C28H35ClN8O3/c29-21-17-32-25-19(21)6-5-8-22(25)33-26(20(16-30)27(39)36-14-9-31-10-15-36)34-23-7-1-2-13-37(28(23)40)18-24(38)35-11-3-4-12-35/h5-6,8,17,20,23,31-32H,1-4,7,9-15,18H2,(H,33,34)/t20?,23-/m0/s1. The molecule has 11 nitrogen and oxygen atoms in total. The smallest absolute Gasteiger partial charge is 0.247 e. The van der Waals surface area contributed by atoms with E-state index in [0.717, 1.165) is 44.2 Å². The third-order valence-corrected chi connectivity index (χ3v) is 8.15. The molecule has 0 radical (unpaired) electrons. The molecule has 4 heterocycles. The molecular weight excluding hydrogens is 532 g/mol. The number of hydrogen-bond acceptors (Lipinski definition) is 6. The maximum atomic E-state index is 13.7. The van der Waals surface area contributed by atoms with Crippen molar-refractivity contribution in [2.45, 2.75) is 38.1 Å². The van der Waals surface area contributed by atoms with Crippen molar-refractivity contribution < 1.29 is 14.4 Å². The minimum absolute atomic E-state index is 0.0231. The summed E-state index contributed by atoms with van der Waals surface area (Å²) < 4.78 is 0. The molecular formula is C28H35ClN8O3. The Morgan fingerprint density at radius 3 is 2.60 bits per heavy atom. The van der Waals surface area contributed by atoms with Gasteiger partial charge in [-0.05, 0) is 38.2 Å². The first-order valence-corrected chi connectivity index (χ1v) is 14.4. The molecule has 3 aliphatic heterocycles. The van der Waals surface area contributed by atoms with Gasteiger partial charge >= 0.3 is 0 Å². The van der Waals surface area contributed by atoms with Gasteiger partial charge in [0.05, 0.1) is 28.8 Å². The van der Waals surface area contributed by atoms with E-state index in [1.165, 1.54) is 0 Å². The fourth-order valence-corrected chi connectivity index (χ4v) is 5.81. The van der Waals surface area contributed by atoms with E-state index in [1.807, 2.05) is 23.1 Å².